The molecule has 2 rings (SSSR count). The first-order chi connectivity index (χ1) is 11.0. The number of nitrogens with zero attached hydrogens (tertiary/aromatic N) is 1. The summed E-state index contributed by atoms with van der Waals surface area (Å²) in [5, 5.41) is 6.01. The molecule has 1 aromatic carbocycles. The first-order valence-electron chi connectivity index (χ1n) is 7.29. The highest BCUT2D eigenvalue weighted by atomic mass is 16.5. The van der Waals surface area contributed by atoms with Gasteiger partial charge in [0.1, 0.15) is 5.69 Å². The number of carbonyl (C=O) groups excluding carboxylic acids is 1. The summed E-state index contributed by atoms with van der Waals surface area (Å²) in [5.41, 5.74) is 1.83. The Bertz CT molecular complexity index is 669. The van der Waals surface area contributed by atoms with Gasteiger partial charge in [0.25, 0.3) is 5.91 Å². The van der Waals surface area contributed by atoms with Crippen molar-refractivity contribution in [3.63, 3.8) is 0 Å². The Morgan fingerprint density at radius 1 is 1.04 bits per heavy atom. The van der Waals surface area contributed by atoms with Gasteiger partial charge in [-0.15, -0.1) is 0 Å². The van der Waals surface area contributed by atoms with Crippen LogP contribution >= 0.6 is 0 Å². The molecule has 2 aromatic rings. The molecule has 0 bridgehead atoms. The summed E-state index contributed by atoms with van der Waals surface area (Å²) in [5.74, 6) is 0.871. The molecule has 0 radical (unpaired) electrons. The fourth-order valence-electron chi connectivity index (χ4n) is 2.06. The highest BCUT2D eigenvalue weighted by Gasteiger charge is 2.10. The molecule has 0 aliphatic rings. The van der Waals surface area contributed by atoms with Gasteiger partial charge in [-0.05, 0) is 38.1 Å². The number of pyridine rings is 1. The van der Waals surface area contributed by atoms with Gasteiger partial charge in [-0.25, -0.2) is 4.98 Å². The Kier molecular flexibility index (Phi) is 5.41. The summed E-state index contributed by atoms with van der Waals surface area (Å²) in [7, 11) is 3.11. The van der Waals surface area contributed by atoms with Gasteiger partial charge in [-0.2, -0.15) is 0 Å². The number of hydrogen-bond donors (Lipinski definition) is 2. The van der Waals surface area contributed by atoms with Crippen LogP contribution in [-0.4, -0.2) is 31.2 Å². The molecule has 1 aromatic heterocycles. The van der Waals surface area contributed by atoms with Gasteiger partial charge in [0.2, 0.25) is 0 Å². The summed E-state index contributed by atoms with van der Waals surface area (Å²) in [6.07, 6.45) is 1.64. The molecule has 2 N–H and O–H groups in total. The number of ether oxygens (including phenoxy) is 2. The summed E-state index contributed by atoms with van der Waals surface area (Å²) in [4.78, 5) is 16.4. The quantitative estimate of drug-likeness (QED) is 0.856. The second kappa shape index (κ2) is 7.49. The Morgan fingerprint density at radius 2 is 1.74 bits per heavy atom. The highest BCUT2D eigenvalue weighted by molar-refractivity contribution is 6.03. The van der Waals surface area contributed by atoms with E-state index >= 15 is 0 Å². The molecule has 23 heavy (non-hydrogen) atoms. The average molecular weight is 315 g/mol. The highest BCUT2D eigenvalue weighted by Crippen LogP contribution is 2.29. The molecular formula is C17H21N3O3. The van der Waals surface area contributed by atoms with Gasteiger partial charge >= 0.3 is 0 Å². The lowest BCUT2D eigenvalue weighted by atomic mass is 10.2. The molecule has 0 spiro atoms. The molecule has 1 heterocycles. The topological polar surface area (TPSA) is 72.5 Å². The zero-order valence-corrected chi connectivity index (χ0v) is 13.7. The Balaban J connectivity index is 2.09. The fourth-order valence-corrected chi connectivity index (χ4v) is 2.06. The van der Waals surface area contributed by atoms with Gasteiger partial charge in [0.15, 0.2) is 11.5 Å². The monoisotopic (exact) mass is 315 g/mol. The third-order valence-corrected chi connectivity index (χ3v) is 3.09. The number of amides is 1. The molecule has 0 fully saturated rings. The molecule has 122 valence electrons. The average Bonchev–Trinajstić information content (AvgIpc) is 2.54. The molecule has 0 atom stereocenters. The van der Waals surface area contributed by atoms with Crippen molar-refractivity contribution in [1.29, 1.82) is 0 Å². The molecule has 6 nitrogen and oxygen atoms in total. The Hall–Kier alpha value is -2.76. The summed E-state index contributed by atoms with van der Waals surface area (Å²) >= 11 is 0. The first-order valence-corrected chi connectivity index (χ1v) is 7.29. The zero-order valence-electron chi connectivity index (χ0n) is 13.7. The van der Waals surface area contributed by atoms with E-state index in [0.29, 0.717) is 28.9 Å². The number of hydrogen-bond acceptors (Lipinski definition) is 5. The van der Waals surface area contributed by atoms with Gasteiger partial charge in [-0.1, -0.05) is 0 Å². The van der Waals surface area contributed by atoms with Crippen LogP contribution in [0.4, 0.5) is 11.4 Å². The number of aromatic nitrogens is 1. The van der Waals surface area contributed by atoms with Crippen molar-refractivity contribution in [2.75, 3.05) is 24.9 Å². The predicted octanol–water partition coefficient (Wildman–Crippen LogP) is 3.17. The maximum atomic E-state index is 12.2. The van der Waals surface area contributed by atoms with Crippen molar-refractivity contribution >= 4 is 17.3 Å². The first kappa shape index (κ1) is 16.6. The number of methoxy groups -OCH3 is 2. The SMILES string of the molecule is COc1ccc(NC(=O)c2ccc(NC(C)C)cn2)cc1OC. The Morgan fingerprint density at radius 3 is 2.30 bits per heavy atom. The Labute approximate surface area is 135 Å². The van der Waals surface area contributed by atoms with Crippen molar-refractivity contribution in [2.45, 2.75) is 19.9 Å². The van der Waals surface area contributed by atoms with Crippen molar-refractivity contribution in [1.82, 2.24) is 4.98 Å². The van der Waals surface area contributed by atoms with E-state index < -0.39 is 0 Å². The van der Waals surface area contributed by atoms with Gasteiger partial charge in [-0.3, -0.25) is 4.79 Å². The molecule has 0 saturated carbocycles. The molecule has 1 amide bonds. The maximum Gasteiger partial charge on any atom is 0.274 e. The van der Waals surface area contributed by atoms with E-state index in [1.54, 1.807) is 44.7 Å². The van der Waals surface area contributed by atoms with E-state index in [2.05, 4.69) is 15.6 Å². The second-order valence-electron chi connectivity index (χ2n) is 5.26. The van der Waals surface area contributed by atoms with E-state index in [1.807, 2.05) is 19.9 Å². The molecular weight excluding hydrogens is 294 g/mol. The van der Waals surface area contributed by atoms with Gasteiger partial charge in [0, 0.05) is 17.8 Å². The number of nitrogens with one attached hydrogen (secondary N) is 2. The van der Waals surface area contributed by atoms with Crippen LogP contribution in [0.3, 0.4) is 0 Å². The zero-order chi connectivity index (χ0) is 16.8. The van der Waals surface area contributed by atoms with Crippen molar-refractivity contribution < 1.29 is 14.3 Å². The number of rotatable bonds is 6. The van der Waals surface area contributed by atoms with Crippen molar-refractivity contribution in [2.24, 2.45) is 0 Å². The molecule has 0 aliphatic heterocycles. The van der Waals surface area contributed by atoms with E-state index in [0.717, 1.165) is 5.69 Å². The van der Waals surface area contributed by atoms with Crippen molar-refractivity contribution in [3.05, 3.63) is 42.2 Å². The fraction of sp³-hybridized carbons (Fsp3) is 0.294. The lowest BCUT2D eigenvalue weighted by Crippen LogP contribution is -2.15. The van der Waals surface area contributed by atoms with Crippen LogP contribution in [0, 0.1) is 0 Å². The third-order valence-electron chi connectivity index (χ3n) is 3.09. The standard InChI is InChI=1S/C17H21N3O3/c1-11(2)19-13-5-7-14(18-10-13)17(21)20-12-6-8-15(22-3)16(9-12)23-4/h5-11,19H,1-4H3,(H,20,21). The van der Waals surface area contributed by atoms with Crippen LogP contribution in [0.15, 0.2) is 36.5 Å². The smallest absolute Gasteiger partial charge is 0.274 e. The van der Waals surface area contributed by atoms with Gasteiger partial charge < -0.3 is 20.1 Å². The molecule has 0 unspecified atom stereocenters. The van der Waals surface area contributed by atoms with Crippen LogP contribution in [-0.2, 0) is 0 Å². The van der Waals surface area contributed by atoms with Crippen LogP contribution < -0.4 is 20.1 Å². The normalized spacial score (nSPS) is 10.3. The number of benzene rings is 1. The lowest BCUT2D eigenvalue weighted by molar-refractivity contribution is 0.102. The largest absolute Gasteiger partial charge is 0.493 e. The number of anilines is 2. The third kappa shape index (κ3) is 4.35. The van der Waals surface area contributed by atoms with Crippen molar-refractivity contribution in [3.8, 4) is 11.5 Å². The van der Waals surface area contributed by atoms with Crippen LogP contribution in [0.1, 0.15) is 24.3 Å². The minimum Gasteiger partial charge on any atom is -0.493 e. The summed E-state index contributed by atoms with van der Waals surface area (Å²) in [6.45, 7) is 4.08. The minimum atomic E-state index is -0.284. The van der Waals surface area contributed by atoms with Crippen LogP contribution in [0.5, 0.6) is 11.5 Å². The summed E-state index contributed by atoms with van der Waals surface area (Å²) in [6, 6.07) is 9.00. The van der Waals surface area contributed by atoms with E-state index in [4.69, 9.17) is 9.47 Å². The maximum absolute atomic E-state index is 12.2. The molecule has 6 heteroatoms. The van der Waals surface area contributed by atoms with E-state index in [9.17, 15) is 4.79 Å². The second-order valence-corrected chi connectivity index (χ2v) is 5.26. The minimum absolute atomic E-state index is 0.284. The molecule has 0 saturated heterocycles. The van der Waals surface area contributed by atoms with E-state index in [-0.39, 0.29) is 5.91 Å². The van der Waals surface area contributed by atoms with Crippen LogP contribution in [0.2, 0.25) is 0 Å². The van der Waals surface area contributed by atoms with Gasteiger partial charge in [0.05, 0.1) is 26.1 Å². The van der Waals surface area contributed by atoms with Crippen LogP contribution in [0.25, 0.3) is 0 Å². The van der Waals surface area contributed by atoms with E-state index in [1.165, 1.54) is 0 Å². The predicted molar refractivity (Wildman–Crippen MR) is 90.5 cm³/mol. The number of carbonyl (C=O) groups is 1. The lowest BCUT2D eigenvalue weighted by Gasteiger charge is -2.11. The molecule has 0 aliphatic carbocycles. The summed E-state index contributed by atoms with van der Waals surface area (Å²) < 4.78 is 10.4.